The Kier molecular flexibility index (Phi) is 2.23. The van der Waals surface area contributed by atoms with Gasteiger partial charge in [0.05, 0.1) is 17.8 Å². The van der Waals surface area contributed by atoms with Crippen LogP contribution in [0.5, 0.6) is 0 Å². The first-order chi connectivity index (χ1) is 4.97. The molecular weight excluding hydrogens is 142 g/mol. The van der Waals surface area contributed by atoms with Crippen LogP contribution in [0.4, 0.5) is 0 Å². The number of nitrogens with two attached hydrogens (primary N) is 1. The molecule has 3 nitrogen and oxygen atoms in total. The lowest BCUT2D eigenvalue weighted by Gasteiger charge is -2.40. The molecule has 3 N–H and O–H groups in total. The fourth-order valence-electron chi connectivity index (χ4n) is 1.62. The highest BCUT2D eigenvalue weighted by atomic mass is 16.5. The van der Waals surface area contributed by atoms with Crippen LogP contribution >= 0.6 is 0 Å². The molecule has 1 atom stereocenters. The molecule has 66 valence electrons. The zero-order chi connectivity index (χ0) is 8.54. The Labute approximate surface area is 67.5 Å². The largest absolute Gasteiger partial charge is 0.388 e. The average Bonchev–Trinajstić information content (AvgIpc) is 1.85. The monoisotopic (exact) mass is 159 g/mol. The molecule has 0 aromatic carbocycles. The normalized spacial score (nSPS) is 37.1. The molecule has 0 aromatic heterocycles. The molecule has 1 saturated heterocycles. The summed E-state index contributed by atoms with van der Waals surface area (Å²) in [6.45, 7) is 4.90. The lowest BCUT2D eigenvalue weighted by molar-refractivity contribution is -0.139. The highest BCUT2D eigenvalue weighted by Crippen LogP contribution is 2.30. The van der Waals surface area contributed by atoms with Crippen molar-refractivity contribution in [1.82, 2.24) is 0 Å². The molecule has 0 aliphatic carbocycles. The maximum Gasteiger partial charge on any atom is 0.0818 e. The number of hydrogen-bond acceptors (Lipinski definition) is 3. The fourth-order valence-corrected chi connectivity index (χ4v) is 1.62. The summed E-state index contributed by atoms with van der Waals surface area (Å²) >= 11 is 0. The van der Waals surface area contributed by atoms with E-state index >= 15 is 0 Å². The van der Waals surface area contributed by atoms with Gasteiger partial charge in [-0.1, -0.05) is 0 Å². The summed E-state index contributed by atoms with van der Waals surface area (Å²) in [6, 6.07) is 0. The summed E-state index contributed by atoms with van der Waals surface area (Å²) in [4.78, 5) is 0. The third-order valence-corrected chi connectivity index (χ3v) is 2.19. The Morgan fingerprint density at radius 3 is 2.55 bits per heavy atom. The summed E-state index contributed by atoms with van der Waals surface area (Å²) in [7, 11) is 0. The molecule has 0 saturated carbocycles. The highest BCUT2D eigenvalue weighted by Gasteiger charge is 2.38. The SMILES string of the molecule is CC1(C)CC(O)(CN)CCO1. The van der Waals surface area contributed by atoms with Crippen LogP contribution in [0, 0.1) is 0 Å². The molecule has 0 aromatic rings. The maximum atomic E-state index is 9.81. The fraction of sp³-hybridized carbons (Fsp3) is 1.00. The number of rotatable bonds is 1. The summed E-state index contributed by atoms with van der Waals surface area (Å²) in [5.41, 5.74) is 4.54. The van der Waals surface area contributed by atoms with E-state index in [-0.39, 0.29) is 5.60 Å². The van der Waals surface area contributed by atoms with E-state index in [4.69, 9.17) is 10.5 Å². The summed E-state index contributed by atoms with van der Waals surface area (Å²) < 4.78 is 5.45. The summed E-state index contributed by atoms with van der Waals surface area (Å²) in [5.74, 6) is 0. The van der Waals surface area contributed by atoms with Gasteiger partial charge in [0.25, 0.3) is 0 Å². The molecule has 1 aliphatic rings. The molecule has 1 rings (SSSR count). The quantitative estimate of drug-likeness (QED) is 0.577. The minimum atomic E-state index is -0.693. The molecular formula is C8H17NO2. The van der Waals surface area contributed by atoms with E-state index in [9.17, 15) is 5.11 Å². The van der Waals surface area contributed by atoms with Gasteiger partial charge in [-0.15, -0.1) is 0 Å². The number of ether oxygens (including phenoxy) is 1. The Bertz CT molecular complexity index is 147. The second-order valence-electron chi connectivity index (χ2n) is 3.96. The number of aliphatic hydroxyl groups is 1. The lowest BCUT2D eigenvalue weighted by Crippen LogP contribution is -2.50. The molecule has 3 heteroatoms. The Hall–Kier alpha value is -0.120. The van der Waals surface area contributed by atoms with E-state index in [0.717, 1.165) is 0 Å². The van der Waals surface area contributed by atoms with Crippen molar-refractivity contribution in [3.05, 3.63) is 0 Å². The summed E-state index contributed by atoms with van der Waals surface area (Å²) in [6.07, 6.45) is 1.30. The predicted molar refractivity (Wildman–Crippen MR) is 43.3 cm³/mol. The second kappa shape index (κ2) is 2.73. The van der Waals surface area contributed by atoms with Crippen LogP contribution in [0.1, 0.15) is 26.7 Å². The standard InChI is InChI=1S/C8H17NO2/c1-7(2)5-8(10,6-9)3-4-11-7/h10H,3-6,9H2,1-2H3. The van der Waals surface area contributed by atoms with Crippen LogP contribution in [0.2, 0.25) is 0 Å². The molecule has 0 amide bonds. The maximum absolute atomic E-state index is 9.81. The summed E-state index contributed by atoms with van der Waals surface area (Å²) in [5, 5.41) is 9.81. The first-order valence-corrected chi connectivity index (χ1v) is 4.04. The zero-order valence-corrected chi connectivity index (χ0v) is 7.26. The van der Waals surface area contributed by atoms with E-state index in [1.807, 2.05) is 13.8 Å². The molecule has 0 radical (unpaired) electrons. The minimum absolute atomic E-state index is 0.216. The van der Waals surface area contributed by atoms with E-state index in [1.54, 1.807) is 0 Å². The van der Waals surface area contributed by atoms with Crippen molar-refractivity contribution in [2.75, 3.05) is 13.2 Å². The number of hydrogen-bond donors (Lipinski definition) is 2. The Morgan fingerprint density at radius 1 is 1.55 bits per heavy atom. The van der Waals surface area contributed by atoms with Crippen LogP contribution in [-0.2, 0) is 4.74 Å². The highest BCUT2D eigenvalue weighted by molar-refractivity contribution is 4.90. The molecule has 1 fully saturated rings. The van der Waals surface area contributed by atoms with Crippen molar-refractivity contribution in [3.8, 4) is 0 Å². The van der Waals surface area contributed by atoms with Gasteiger partial charge in [0, 0.05) is 19.4 Å². The van der Waals surface area contributed by atoms with Gasteiger partial charge in [-0.3, -0.25) is 0 Å². The van der Waals surface area contributed by atoms with E-state index in [0.29, 0.717) is 26.0 Å². The van der Waals surface area contributed by atoms with E-state index in [2.05, 4.69) is 0 Å². The molecule has 1 unspecified atom stereocenters. The Morgan fingerprint density at radius 2 is 2.18 bits per heavy atom. The van der Waals surface area contributed by atoms with E-state index in [1.165, 1.54) is 0 Å². The Balaban J connectivity index is 2.59. The third-order valence-electron chi connectivity index (χ3n) is 2.19. The van der Waals surface area contributed by atoms with Crippen molar-refractivity contribution in [3.63, 3.8) is 0 Å². The molecule has 1 aliphatic heterocycles. The van der Waals surface area contributed by atoms with Gasteiger partial charge < -0.3 is 15.6 Å². The molecule has 11 heavy (non-hydrogen) atoms. The van der Waals surface area contributed by atoms with Crippen LogP contribution < -0.4 is 5.73 Å². The lowest BCUT2D eigenvalue weighted by atomic mass is 9.84. The van der Waals surface area contributed by atoms with Crippen molar-refractivity contribution in [2.24, 2.45) is 5.73 Å². The second-order valence-corrected chi connectivity index (χ2v) is 3.96. The van der Waals surface area contributed by atoms with Crippen molar-refractivity contribution < 1.29 is 9.84 Å². The van der Waals surface area contributed by atoms with Gasteiger partial charge in [0.1, 0.15) is 0 Å². The van der Waals surface area contributed by atoms with Gasteiger partial charge >= 0.3 is 0 Å². The smallest absolute Gasteiger partial charge is 0.0818 e. The van der Waals surface area contributed by atoms with Gasteiger partial charge in [-0.2, -0.15) is 0 Å². The van der Waals surface area contributed by atoms with Crippen LogP contribution in [-0.4, -0.2) is 29.5 Å². The van der Waals surface area contributed by atoms with Crippen LogP contribution in [0.25, 0.3) is 0 Å². The van der Waals surface area contributed by atoms with Crippen molar-refractivity contribution >= 4 is 0 Å². The first-order valence-electron chi connectivity index (χ1n) is 4.04. The molecule has 0 spiro atoms. The molecule has 0 bridgehead atoms. The zero-order valence-electron chi connectivity index (χ0n) is 7.26. The predicted octanol–water partition coefficient (Wildman–Crippen LogP) is 0.265. The van der Waals surface area contributed by atoms with Gasteiger partial charge in [0.2, 0.25) is 0 Å². The minimum Gasteiger partial charge on any atom is -0.388 e. The van der Waals surface area contributed by atoms with Crippen LogP contribution in [0.3, 0.4) is 0 Å². The average molecular weight is 159 g/mol. The topological polar surface area (TPSA) is 55.5 Å². The third kappa shape index (κ3) is 2.15. The van der Waals surface area contributed by atoms with Crippen molar-refractivity contribution in [2.45, 2.75) is 37.9 Å². The van der Waals surface area contributed by atoms with Gasteiger partial charge in [0.15, 0.2) is 0 Å². The van der Waals surface area contributed by atoms with Crippen LogP contribution in [0.15, 0.2) is 0 Å². The first kappa shape index (κ1) is 8.97. The van der Waals surface area contributed by atoms with Gasteiger partial charge in [-0.25, -0.2) is 0 Å². The molecule has 1 heterocycles. The van der Waals surface area contributed by atoms with Crippen molar-refractivity contribution in [1.29, 1.82) is 0 Å². The van der Waals surface area contributed by atoms with Gasteiger partial charge in [-0.05, 0) is 13.8 Å². The van der Waals surface area contributed by atoms with E-state index < -0.39 is 5.60 Å².